The van der Waals surface area contributed by atoms with Crippen molar-refractivity contribution in [3.05, 3.63) is 0 Å². The van der Waals surface area contributed by atoms with E-state index in [1.165, 1.54) is 0 Å². The van der Waals surface area contributed by atoms with Crippen LogP contribution in [-0.2, 0) is 14.2 Å². The number of hydrogen-bond acceptors (Lipinski definition) is 4. The molecule has 1 aliphatic heterocycles. The van der Waals surface area contributed by atoms with Crippen molar-refractivity contribution >= 4 is 6.16 Å². The highest BCUT2D eigenvalue weighted by Crippen LogP contribution is 2.48. The van der Waals surface area contributed by atoms with Crippen LogP contribution in [-0.4, -0.2) is 23.6 Å². The third-order valence-electron chi connectivity index (χ3n) is 2.66. The number of hydrogen-bond donors (Lipinski definition) is 0. The molecule has 15 heavy (non-hydrogen) atoms. The summed E-state index contributed by atoms with van der Waals surface area (Å²) in [5.74, 6) is -0.638. The first kappa shape index (κ1) is 10.7. The molecule has 0 unspecified atom stereocenters. The Hall–Kier alpha value is -0.770. The molecule has 0 aromatic heterocycles. The summed E-state index contributed by atoms with van der Waals surface area (Å²) in [5.41, 5.74) is -0.507. The maximum absolute atomic E-state index is 11.4. The molecular formula is C11H18O4. The van der Waals surface area contributed by atoms with Crippen molar-refractivity contribution in [2.24, 2.45) is 0 Å². The Morgan fingerprint density at radius 3 is 2.73 bits per heavy atom. The molecule has 2 fully saturated rings. The van der Waals surface area contributed by atoms with E-state index in [-0.39, 0.29) is 6.10 Å². The van der Waals surface area contributed by atoms with Crippen molar-refractivity contribution in [2.45, 2.75) is 63.9 Å². The predicted octanol–water partition coefficient (Wildman–Crippen LogP) is 2.61. The summed E-state index contributed by atoms with van der Waals surface area (Å²) in [4.78, 5) is 11.4. The summed E-state index contributed by atoms with van der Waals surface area (Å²) in [6.07, 6.45) is 3.49. The molecule has 86 valence electrons. The number of carbonyl (C=O) groups excluding carboxylic acids is 1. The molecule has 1 saturated heterocycles. The number of carbonyl (C=O) groups is 1. The highest BCUT2D eigenvalue weighted by atomic mass is 16.9. The number of rotatable bonds is 1. The molecule has 1 heterocycles. The molecule has 1 saturated carbocycles. The normalized spacial score (nSPS) is 34.2. The predicted molar refractivity (Wildman–Crippen MR) is 53.4 cm³/mol. The van der Waals surface area contributed by atoms with Crippen molar-refractivity contribution in [2.75, 3.05) is 0 Å². The maximum Gasteiger partial charge on any atom is 0.511 e. The third-order valence-corrected chi connectivity index (χ3v) is 2.66. The van der Waals surface area contributed by atoms with Gasteiger partial charge in [0.2, 0.25) is 5.79 Å². The summed E-state index contributed by atoms with van der Waals surface area (Å²) in [5, 5.41) is 0. The van der Waals surface area contributed by atoms with E-state index in [1.54, 1.807) is 0 Å². The van der Waals surface area contributed by atoms with Crippen LogP contribution in [0.4, 0.5) is 4.79 Å². The second kappa shape index (κ2) is 3.37. The quantitative estimate of drug-likeness (QED) is 0.497. The fourth-order valence-electron chi connectivity index (χ4n) is 1.96. The first-order valence-corrected chi connectivity index (χ1v) is 5.51. The van der Waals surface area contributed by atoms with Gasteiger partial charge in [0.1, 0.15) is 11.7 Å². The lowest BCUT2D eigenvalue weighted by atomic mass is 9.98. The zero-order valence-corrected chi connectivity index (χ0v) is 9.54. The summed E-state index contributed by atoms with van der Waals surface area (Å²) in [6, 6.07) is 0. The van der Waals surface area contributed by atoms with Gasteiger partial charge in [0, 0.05) is 6.42 Å². The van der Waals surface area contributed by atoms with Gasteiger partial charge in [-0.3, -0.25) is 0 Å². The lowest BCUT2D eigenvalue weighted by Gasteiger charge is -2.22. The van der Waals surface area contributed by atoms with Gasteiger partial charge in [0.25, 0.3) is 0 Å². The summed E-state index contributed by atoms with van der Waals surface area (Å²) in [7, 11) is 0. The average Bonchev–Trinajstić information content (AvgIpc) is 2.73. The monoisotopic (exact) mass is 214 g/mol. The van der Waals surface area contributed by atoms with E-state index in [0.29, 0.717) is 0 Å². The van der Waals surface area contributed by atoms with Crippen molar-refractivity contribution in [1.29, 1.82) is 0 Å². The number of fused-ring (bicyclic) bond motifs is 1. The number of epoxide rings is 1. The van der Waals surface area contributed by atoms with Crippen LogP contribution in [0, 0.1) is 0 Å². The fraction of sp³-hybridized carbons (Fsp3) is 0.909. The van der Waals surface area contributed by atoms with E-state index in [4.69, 9.17) is 14.2 Å². The minimum absolute atomic E-state index is 0.110. The Morgan fingerprint density at radius 2 is 2.13 bits per heavy atom. The lowest BCUT2D eigenvalue weighted by Crippen LogP contribution is -2.31. The third kappa shape index (κ3) is 2.43. The molecule has 2 aliphatic rings. The zero-order valence-electron chi connectivity index (χ0n) is 9.54. The molecule has 0 aromatic rings. The van der Waals surface area contributed by atoms with Crippen LogP contribution >= 0.6 is 0 Å². The maximum atomic E-state index is 11.4. The van der Waals surface area contributed by atoms with Crippen LogP contribution in [0.3, 0.4) is 0 Å². The van der Waals surface area contributed by atoms with Crippen molar-refractivity contribution in [3.8, 4) is 0 Å². The summed E-state index contributed by atoms with van der Waals surface area (Å²) < 4.78 is 15.8. The van der Waals surface area contributed by atoms with Gasteiger partial charge in [-0.1, -0.05) is 6.42 Å². The summed E-state index contributed by atoms with van der Waals surface area (Å²) >= 11 is 0. The molecule has 0 spiro atoms. The minimum atomic E-state index is -0.638. The van der Waals surface area contributed by atoms with Crippen LogP contribution in [0.1, 0.15) is 46.5 Å². The minimum Gasteiger partial charge on any atom is -0.428 e. The van der Waals surface area contributed by atoms with E-state index in [2.05, 4.69) is 0 Å². The van der Waals surface area contributed by atoms with Crippen LogP contribution in [0.2, 0.25) is 0 Å². The smallest absolute Gasteiger partial charge is 0.428 e. The molecule has 4 nitrogen and oxygen atoms in total. The fourth-order valence-corrected chi connectivity index (χ4v) is 1.96. The van der Waals surface area contributed by atoms with Crippen molar-refractivity contribution in [3.63, 3.8) is 0 Å². The van der Waals surface area contributed by atoms with E-state index in [0.717, 1.165) is 25.7 Å². The summed E-state index contributed by atoms with van der Waals surface area (Å²) in [6.45, 7) is 5.45. The first-order valence-electron chi connectivity index (χ1n) is 5.51. The Balaban J connectivity index is 1.85. The van der Waals surface area contributed by atoms with Crippen LogP contribution in [0.25, 0.3) is 0 Å². The molecule has 0 aromatic carbocycles. The van der Waals surface area contributed by atoms with Crippen molar-refractivity contribution < 1.29 is 19.0 Å². The molecule has 0 N–H and O–H groups in total. The zero-order chi connectivity index (χ0) is 11.1. The molecule has 4 heteroatoms. The van der Waals surface area contributed by atoms with Crippen LogP contribution < -0.4 is 0 Å². The largest absolute Gasteiger partial charge is 0.511 e. The van der Waals surface area contributed by atoms with Crippen molar-refractivity contribution in [1.82, 2.24) is 0 Å². The van der Waals surface area contributed by atoms with Gasteiger partial charge >= 0.3 is 6.16 Å². The van der Waals surface area contributed by atoms with Gasteiger partial charge in [-0.25, -0.2) is 4.79 Å². The second-order valence-electron chi connectivity index (χ2n) is 5.23. The topological polar surface area (TPSA) is 48.1 Å². The Bertz CT molecular complexity index is 268. The molecule has 1 aliphatic carbocycles. The van der Waals surface area contributed by atoms with Gasteiger partial charge in [-0.15, -0.1) is 0 Å². The van der Waals surface area contributed by atoms with Gasteiger partial charge < -0.3 is 14.2 Å². The molecule has 0 radical (unpaired) electrons. The standard InChI is InChI=1S/C11H18O4/c1-10(2,3)14-9(12)15-11-7-5-4-6-8(11)13-11/h8H,4-7H2,1-3H3/t8-,11-/m0/s1. The molecule has 0 bridgehead atoms. The number of ether oxygens (including phenoxy) is 3. The highest BCUT2D eigenvalue weighted by molar-refractivity contribution is 5.61. The highest BCUT2D eigenvalue weighted by Gasteiger charge is 2.61. The molecular weight excluding hydrogens is 196 g/mol. The van der Waals surface area contributed by atoms with Gasteiger partial charge in [-0.2, -0.15) is 0 Å². The van der Waals surface area contributed by atoms with Gasteiger partial charge in [0.15, 0.2) is 0 Å². The second-order valence-corrected chi connectivity index (χ2v) is 5.23. The van der Waals surface area contributed by atoms with Gasteiger partial charge in [-0.05, 0) is 33.6 Å². The van der Waals surface area contributed by atoms with E-state index < -0.39 is 17.5 Å². The Kier molecular flexibility index (Phi) is 2.41. The molecule has 2 rings (SSSR count). The molecule has 2 atom stereocenters. The molecule has 0 amide bonds. The van der Waals surface area contributed by atoms with E-state index in [1.807, 2.05) is 20.8 Å². The Labute approximate surface area is 89.9 Å². The van der Waals surface area contributed by atoms with E-state index in [9.17, 15) is 4.79 Å². The SMILES string of the molecule is CC(C)(C)OC(=O)O[C@@]12CCCC[C@@H]1O2. The average molecular weight is 214 g/mol. The first-order chi connectivity index (χ1) is 6.91. The van der Waals surface area contributed by atoms with E-state index >= 15 is 0 Å². The Morgan fingerprint density at radius 1 is 1.40 bits per heavy atom. The van der Waals surface area contributed by atoms with Gasteiger partial charge in [0.05, 0.1) is 0 Å². The van der Waals surface area contributed by atoms with Crippen LogP contribution in [0.5, 0.6) is 0 Å². The van der Waals surface area contributed by atoms with Crippen LogP contribution in [0.15, 0.2) is 0 Å². The lowest BCUT2D eigenvalue weighted by molar-refractivity contribution is -0.0694.